The first-order valence-corrected chi connectivity index (χ1v) is 16.2. The molecule has 1 unspecified atom stereocenters. The fourth-order valence-corrected chi connectivity index (χ4v) is 5.70. The fraction of sp³-hybridized carbons (Fsp3) is 0.273. The highest BCUT2D eigenvalue weighted by Crippen LogP contribution is 2.27. The maximum atomic E-state index is 14.9. The van der Waals surface area contributed by atoms with Gasteiger partial charge in [-0.25, -0.2) is 8.60 Å². The van der Waals surface area contributed by atoms with Gasteiger partial charge < -0.3 is 14.5 Å². The summed E-state index contributed by atoms with van der Waals surface area (Å²) in [5.41, 5.74) is 3.38. The van der Waals surface area contributed by atoms with Crippen LogP contribution in [0.2, 0.25) is 0 Å². The van der Waals surface area contributed by atoms with E-state index in [0.29, 0.717) is 23.6 Å². The van der Waals surface area contributed by atoms with Crippen molar-refractivity contribution in [3.8, 4) is 22.9 Å². The van der Waals surface area contributed by atoms with Crippen LogP contribution in [0.25, 0.3) is 11.4 Å². The Bertz CT molecular complexity index is 1790. The van der Waals surface area contributed by atoms with Gasteiger partial charge in [-0.2, -0.15) is 4.36 Å². The first-order chi connectivity index (χ1) is 21.0. The van der Waals surface area contributed by atoms with Crippen molar-refractivity contribution < 1.29 is 32.5 Å². The fourth-order valence-electron chi connectivity index (χ4n) is 4.47. The summed E-state index contributed by atoms with van der Waals surface area (Å²) in [4.78, 5) is 44.0. The van der Waals surface area contributed by atoms with Gasteiger partial charge in [0.15, 0.2) is 0 Å². The molecule has 0 saturated heterocycles. The standard InChI is InChI=1S/C33H34FN3O6S/c1-4-42-32(39)9-6-14-44(3,41)37-33(40)25-18-30(36-21-25)31-20-28(12-13-35-31)43-27-11-10-24(29(34)19-27)17-26(38)16-23-8-5-7-22(2)15-23/h5,7-8,10-13,15,18-21,36H,4,6,9,14,16-17H2,1-3H3. The molecule has 2 aromatic heterocycles. The second kappa shape index (κ2) is 14.7. The molecule has 0 spiro atoms. The van der Waals surface area contributed by atoms with Crippen LogP contribution < -0.4 is 4.74 Å². The first-order valence-electron chi connectivity index (χ1n) is 14.1. The molecule has 11 heteroatoms. The highest BCUT2D eigenvalue weighted by atomic mass is 32.2. The SMILES string of the molecule is CCOC(=O)CCCS(C)(=O)=NC(=O)c1c[nH]c(-c2cc(Oc3ccc(CC(=O)Cc4cccc(C)c4)c(F)c3)ccn2)c1. The summed E-state index contributed by atoms with van der Waals surface area (Å²) in [6.45, 7) is 3.93. The number of halogens is 1. The molecule has 4 rings (SSSR count). The van der Waals surface area contributed by atoms with Crippen LogP contribution in [0.1, 0.15) is 46.8 Å². The number of carbonyl (C=O) groups is 3. The summed E-state index contributed by atoms with van der Waals surface area (Å²) in [7, 11) is -2.85. The Kier molecular flexibility index (Phi) is 10.8. The van der Waals surface area contributed by atoms with E-state index < -0.39 is 21.5 Å². The second-order valence-corrected chi connectivity index (χ2v) is 12.9. The Morgan fingerprint density at radius 3 is 2.57 bits per heavy atom. The van der Waals surface area contributed by atoms with Gasteiger partial charge in [-0.05, 0) is 49.6 Å². The van der Waals surface area contributed by atoms with Crippen LogP contribution >= 0.6 is 0 Å². The van der Waals surface area contributed by atoms with Crippen molar-refractivity contribution in [1.82, 2.24) is 9.97 Å². The van der Waals surface area contributed by atoms with Crippen molar-refractivity contribution in [2.75, 3.05) is 18.6 Å². The number of aryl methyl sites for hydroxylation is 1. The predicted molar refractivity (Wildman–Crippen MR) is 166 cm³/mol. The van der Waals surface area contributed by atoms with Gasteiger partial charge in [-0.15, -0.1) is 0 Å². The second-order valence-electron chi connectivity index (χ2n) is 10.4. The van der Waals surface area contributed by atoms with E-state index in [1.807, 2.05) is 31.2 Å². The van der Waals surface area contributed by atoms with Crippen molar-refractivity contribution in [2.24, 2.45) is 4.36 Å². The molecule has 2 heterocycles. The average Bonchev–Trinajstić information content (AvgIpc) is 3.45. The minimum atomic E-state index is -2.85. The number of hydrogen-bond acceptors (Lipinski definition) is 7. The van der Waals surface area contributed by atoms with Gasteiger partial charge in [0, 0.05) is 55.8 Å². The van der Waals surface area contributed by atoms with Gasteiger partial charge >= 0.3 is 5.97 Å². The summed E-state index contributed by atoms with van der Waals surface area (Å²) in [6, 6.07) is 16.8. The predicted octanol–water partition coefficient (Wildman–Crippen LogP) is 6.25. The lowest BCUT2D eigenvalue weighted by atomic mass is 10.0. The minimum Gasteiger partial charge on any atom is -0.466 e. The van der Waals surface area contributed by atoms with Crippen LogP contribution in [0.15, 0.2) is 77.4 Å². The van der Waals surface area contributed by atoms with Gasteiger partial charge in [0.25, 0.3) is 5.91 Å². The van der Waals surface area contributed by atoms with E-state index >= 15 is 0 Å². The lowest BCUT2D eigenvalue weighted by Crippen LogP contribution is -2.10. The summed E-state index contributed by atoms with van der Waals surface area (Å²) < 4.78 is 42.2. The van der Waals surface area contributed by atoms with Crippen LogP contribution in [0, 0.1) is 12.7 Å². The number of esters is 1. The average molecular weight is 620 g/mol. The van der Waals surface area contributed by atoms with Gasteiger partial charge in [-0.1, -0.05) is 35.9 Å². The molecule has 0 aliphatic carbocycles. The third-order valence-corrected chi connectivity index (χ3v) is 8.15. The zero-order valence-electron chi connectivity index (χ0n) is 24.8. The monoisotopic (exact) mass is 619 g/mol. The number of H-pyrrole nitrogens is 1. The van der Waals surface area contributed by atoms with E-state index in [9.17, 15) is 23.0 Å². The van der Waals surface area contributed by atoms with Gasteiger partial charge in [0.1, 0.15) is 23.1 Å². The summed E-state index contributed by atoms with van der Waals surface area (Å²) >= 11 is 0. The Labute approximate surface area is 256 Å². The number of hydrogen-bond donors (Lipinski definition) is 1. The molecule has 4 aromatic rings. The van der Waals surface area contributed by atoms with Crippen molar-refractivity contribution in [1.29, 1.82) is 0 Å². The minimum absolute atomic E-state index is 0.0276. The summed E-state index contributed by atoms with van der Waals surface area (Å²) in [5.74, 6) is -0.962. The number of carbonyl (C=O) groups excluding carboxylic acids is 3. The molecule has 2 aromatic carbocycles. The normalized spacial score (nSPS) is 12.3. The lowest BCUT2D eigenvalue weighted by molar-refractivity contribution is -0.143. The zero-order chi connectivity index (χ0) is 31.7. The molecule has 0 fully saturated rings. The Morgan fingerprint density at radius 2 is 1.82 bits per heavy atom. The maximum Gasteiger partial charge on any atom is 0.305 e. The largest absolute Gasteiger partial charge is 0.466 e. The van der Waals surface area contributed by atoms with Crippen molar-refractivity contribution in [2.45, 2.75) is 39.5 Å². The van der Waals surface area contributed by atoms with Crippen LogP contribution in [0.5, 0.6) is 11.5 Å². The lowest BCUT2D eigenvalue weighted by Gasteiger charge is -2.09. The van der Waals surface area contributed by atoms with Gasteiger partial charge in [-0.3, -0.25) is 19.4 Å². The number of amides is 1. The van der Waals surface area contributed by atoms with E-state index in [-0.39, 0.29) is 60.3 Å². The highest BCUT2D eigenvalue weighted by molar-refractivity contribution is 7.93. The number of aromatic nitrogens is 2. The number of aromatic amines is 1. The molecule has 9 nitrogen and oxygen atoms in total. The van der Waals surface area contributed by atoms with Crippen molar-refractivity contribution >= 4 is 27.4 Å². The zero-order valence-corrected chi connectivity index (χ0v) is 25.6. The quantitative estimate of drug-likeness (QED) is 0.175. The third-order valence-electron chi connectivity index (χ3n) is 6.55. The van der Waals surface area contributed by atoms with Gasteiger partial charge in [0.2, 0.25) is 0 Å². The van der Waals surface area contributed by atoms with Crippen molar-refractivity contribution in [3.63, 3.8) is 0 Å². The molecule has 1 atom stereocenters. The molecule has 0 bridgehead atoms. The Balaban J connectivity index is 1.38. The Morgan fingerprint density at radius 1 is 1.02 bits per heavy atom. The number of Topliss-reactive ketones (excluding diaryl/α,β-unsaturated/α-hetero) is 1. The molecule has 44 heavy (non-hydrogen) atoms. The smallest absolute Gasteiger partial charge is 0.305 e. The summed E-state index contributed by atoms with van der Waals surface area (Å²) in [6.07, 6.45) is 4.93. The number of ketones is 1. The van der Waals surface area contributed by atoms with Crippen LogP contribution in [0.4, 0.5) is 4.39 Å². The topological polar surface area (TPSA) is 128 Å². The number of benzene rings is 2. The summed E-state index contributed by atoms with van der Waals surface area (Å²) in [5, 5.41) is 0. The van der Waals surface area contributed by atoms with E-state index in [2.05, 4.69) is 14.3 Å². The molecule has 0 radical (unpaired) electrons. The third kappa shape index (κ3) is 9.43. The van der Waals surface area contributed by atoms with Crippen LogP contribution in [-0.4, -0.2) is 50.5 Å². The van der Waals surface area contributed by atoms with E-state index in [0.717, 1.165) is 11.1 Å². The van der Waals surface area contributed by atoms with E-state index in [1.54, 1.807) is 25.1 Å². The number of nitrogens with zero attached hydrogens (tertiary/aromatic N) is 2. The first kappa shape index (κ1) is 32.3. The molecule has 0 aliphatic heterocycles. The molecule has 0 aliphatic rings. The molecular weight excluding hydrogens is 585 g/mol. The van der Waals surface area contributed by atoms with E-state index in [1.165, 1.54) is 36.8 Å². The van der Waals surface area contributed by atoms with Gasteiger partial charge in [0.05, 0.1) is 33.3 Å². The number of ether oxygens (including phenoxy) is 2. The van der Waals surface area contributed by atoms with E-state index in [4.69, 9.17) is 9.47 Å². The maximum absolute atomic E-state index is 14.9. The van der Waals surface area contributed by atoms with Crippen LogP contribution in [-0.2, 0) is 36.9 Å². The molecule has 0 saturated carbocycles. The van der Waals surface area contributed by atoms with Crippen LogP contribution in [0.3, 0.4) is 0 Å². The number of nitrogens with one attached hydrogen (secondary N) is 1. The van der Waals surface area contributed by atoms with Crippen molar-refractivity contribution in [3.05, 3.63) is 101 Å². The molecular formula is C33H34FN3O6S. The molecule has 1 N–H and O–H groups in total. The molecule has 230 valence electrons. The Hall–Kier alpha value is -4.64. The number of rotatable bonds is 13. The molecule has 1 amide bonds. The highest BCUT2D eigenvalue weighted by Gasteiger charge is 2.15. The number of pyridine rings is 1.